The van der Waals surface area contributed by atoms with Crippen molar-refractivity contribution in [1.29, 1.82) is 0 Å². The van der Waals surface area contributed by atoms with Gasteiger partial charge in [-0.15, -0.1) is 17.8 Å². The summed E-state index contributed by atoms with van der Waals surface area (Å²) in [5.41, 5.74) is 4.12. The molecule has 4 fully saturated rings. The maximum atomic E-state index is 17.0. The van der Waals surface area contributed by atoms with E-state index in [1.54, 1.807) is 17.5 Å². The van der Waals surface area contributed by atoms with Gasteiger partial charge in [-0.25, -0.2) is 13.8 Å². The summed E-state index contributed by atoms with van der Waals surface area (Å²) >= 11 is 1.58. The number of aryl methyl sites for hydroxylation is 1. The van der Waals surface area contributed by atoms with E-state index in [1.165, 1.54) is 29.2 Å². The predicted octanol–water partition coefficient (Wildman–Crippen LogP) is 7.72. The smallest absolute Gasteiger partial charge is 0.319 e. The second-order valence-electron chi connectivity index (χ2n) is 23.6. The molecule has 82 heavy (non-hydrogen) atoms. The molecule has 5 N–H and O–H groups in total. The molecule has 3 amide bonds. The lowest BCUT2D eigenvalue weighted by Gasteiger charge is -2.35. The highest BCUT2D eigenvalue weighted by atomic mass is 32.1. The molecule has 5 atom stereocenters. The number of anilines is 1. The highest BCUT2D eigenvalue weighted by Gasteiger charge is 2.44. The third-order valence-electron chi connectivity index (χ3n) is 16.5. The van der Waals surface area contributed by atoms with Gasteiger partial charge in [0.25, 0.3) is 0 Å². The van der Waals surface area contributed by atoms with Crippen LogP contribution in [0.3, 0.4) is 0 Å². The molecule has 0 aliphatic carbocycles. The third kappa shape index (κ3) is 13.5. The number of amides is 3. The van der Waals surface area contributed by atoms with Crippen molar-refractivity contribution in [3.05, 3.63) is 88.7 Å². The van der Waals surface area contributed by atoms with E-state index < -0.39 is 35.2 Å². The number of thiazole rings is 1. The number of carbonyl (C=O) groups is 3. The van der Waals surface area contributed by atoms with E-state index in [0.717, 1.165) is 99.5 Å². The number of terminal acetylenes is 1. The zero-order chi connectivity index (χ0) is 57.7. The summed E-state index contributed by atoms with van der Waals surface area (Å²) in [6, 6.07) is 12.4. The average molecular weight is 1140 g/mol. The van der Waals surface area contributed by atoms with Crippen LogP contribution in [0.5, 0.6) is 11.8 Å². The summed E-state index contributed by atoms with van der Waals surface area (Å²) in [6.07, 6.45) is 14.4. The quantitative estimate of drug-likeness (QED) is 0.0347. The number of carbonyl (C=O) groups excluding carboxylic acids is 3. The number of hydrogen-bond acceptors (Lipinski definition) is 15. The van der Waals surface area contributed by atoms with Gasteiger partial charge >= 0.3 is 6.01 Å². The van der Waals surface area contributed by atoms with E-state index in [9.17, 15) is 24.6 Å². The monoisotopic (exact) mass is 1140 g/mol. The molecule has 10 rings (SSSR count). The number of aromatic nitrogens is 4. The molecular formula is C62H75F2N11O6S. The Bertz CT molecular complexity index is 3310. The minimum Gasteiger partial charge on any atom is -0.508 e. The fourth-order valence-corrected chi connectivity index (χ4v) is 12.9. The highest BCUT2D eigenvalue weighted by molar-refractivity contribution is 7.13. The summed E-state index contributed by atoms with van der Waals surface area (Å²) in [7, 11) is 0. The normalized spacial score (nSPS) is 19.9. The number of halogens is 2. The van der Waals surface area contributed by atoms with Gasteiger partial charge in [-0.05, 0) is 85.7 Å². The number of phenolic OH excluding ortho intramolecular Hbond substituents is 1. The zero-order valence-electron chi connectivity index (χ0n) is 47.4. The van der Waals surface area contributed by atoms with Crippen LogP contribution in [-0.4, -0.2) is 158 Å². The average Bonchev–Trinajstić information content (AvgIpc) is 2.37. The number of piperazine rings is 2. The number of fused-ring (bicyclic) bond motifs is 4. The molecule has 2 unspecified atom stereocenters. The Kier molecular flexibility index (Phi) is 18.3. The third-order valence-corrected chi connectivity index (χ3v) is 17.5. The van der Waals surface area contributed by atoms with Crippen LogP contribution in [0.2, 0.25) is 0 Å². The first-order valence-corrected chi connectivity index (χ1v) is 29.8. The number of aliphatic hydroxyl groups is 1. The number of nitrogens with zero attached hydrogens (tertiary/aromatic N) is 8. The first-order chi connectivity index (χ1) is 39.5. The van der Waals surface area contributed by atoms with Crippen LogP contribution in [0.4, 0.5) is 14.6 Å². The number of likely N-dealkylation sites (tertiary alicyclic amines) is 1. The molecule has 4 aliphatic rings. The van der Waals surface area contributed by atoms with Gasteiger partial charge in [0.2, 0.25) is 17.7 Å². The molecule has 2 bridgehead atoms. The SMILES string of the molecule is C#Cc1c(F)ccc2cc(O)cc(-c3ncc4c(N5CC6CCC(C5)N6)nc(OCCCN5CCN(CCCCCCCC(=O)N[C@H](C(=O)N6C[C@H](O)C[C@H]6C(=O)NCc6ccc(-c7scnc7C)cc6)C(C)(C)C)CC5)nc4c3F)c12. The molecule has 3 aromatic carbocycles. The lowest BCUT2D eigenvalue weighted by atomic mass is 9.85. The topological polar surface area (TPSA) is 202 Å². The van der Waals surface area contributed by atoms with Gasteiger partial charge in [-0.3, -0.25) is 19.4 Å². The maximum absolute atomic E-state index is 17.0. The maximum Gasteiger partial charge on any atom is 0.319 e. The Morgan fingerprint density at radius 3 is 2.32 bits per heavy atom. The summed E-state index contributed by atoms with van der Waals surface area (Å²) < 4.78 is 38.2. The molecule has 434 valence electrons. The van der Waals surface area contributed by atoms with Gasteiger partial charge in [0.1, 0.15) is 40.7 Å². The highest BCUT2D eigenvalue weighted by Crippen LogP contribution is 2.40. The first kappa shape index (κ1) is 58.3. The van der Waals surface area contributed by atoms with Gasteiger partial charge in [-0.2, -0.15) is 9.97 Å². The number of aliphatic hydroxyl groups excluding tert-OH is 1. The number of unbranched alkanes of at least 4 members (excludes halogenated alkanes) is 4. The number of pyridine rings is 1. The Balaban J connectivity index is 0.648. The number of hydrogen-bond donors (Lipinski definition) is 5. The Hall–Kier alpha value is -6.89. The lowest BCUT2D eigenvalue weighted by Crippen LogP contribution is -2.57. The molecule has 0 spiro atoms. The molecule has 3 aromatic heterocycles. The van der Waals surface area contributed by atoms with Gasteiger partial charge in [0.15, 0.2) is 5.82 Å². The molecular weight excluding hydrogens is 1060 g/mol. The van der Waals surface area contributed by atoms with E-state index in [1.807, 2.05) is 57.5 Å². The van der Waals surface area contributed by atoms with Gasteiger partial charge < -0.3 is 50.5 Å². The van der Waals surface area contributed by atoms with E-state index in [-0.39, 0.29) is 88.8 Å². The number of nitrogens with one attached hydrogen (secondary N) is 3. The predicted molar refractivity (Wildman–Crippen MR) is 314 cm³/mol. The molecule has 0 radical (unpaired) electrons. The van der Waals surface area contributed by atoms with Crippen molar-refractivity contribution in [3.8, 4) is 45.8 Å². The molecule has 7 heterocycles. The van der Waals surface area contributed by atoms with Gasteiger partial charge in [0.05, 0.1) is 39.7 Å². The minimum atomic E-state index is -0.865. The van der Waals surface area contributed by atoms with E-state index >= 15 is 8.78 Å². The van der Waals surface area contributed by atoms with Crippen LogP contribution in [0.1, 0.15) is 102 Å². The number of β-amino-alcohol motifs (C(OH)–C–C–N with tert-alkyl or cyclic N) is 1. The van der Waals surface area contributed by atoms with Crippen LogP contribution in [-0.2, 0) is 20.9 Å². The largest absolute Gasteiger partial charge is 0.508 e. The number of benzene rings is 3. The summed E-state index contributed by atoms with van der Waals surface area (Å²) in [4.78, 5) is 68.9. The van der Waals surface area contributed by atoms with Crippen molar-refractivity contribution in [1.82, 2.24) is 50.6 Å². The van der Waals surface area contributed by atoms with Crippen molar-refractivity contribution in [2.75, 3.05) is 70.4 Å². The summed E-state index contributed by atoms with van der Waals surface area (Å²) in [6.45, 7) is 15.3. The van der Waals surface area contributed by atoms with Crippen LogP contribution >= 0.6 is 11.3 Å². The number of phenols is 1. The van der Waals surface area contributed by atoms with E-state index in [0.29, 0.717) is 55.5 Å². The second-order valence-corrected chi connectivity index (χ2v) is 24.4. The minimum absolute atomic E-state index is 0.0154. The Morgan fingerprint density at radius 1 is 0.915 bits per heavy atom. The van der Waals surface area contributed by atoms with Crippen molar-refractivity contribution in [2.45, 2.75) is 129 Å². The van der Waals surface area contributed by atoms with E-state index in [2.05, 4.69) is 51.5 Å². The molecule has 4 aliphatic heterocycles. The van der Waals surface area contributed by atoms with Crippen molar-refractivity contribution >= 4 is 56.6 Å². The van der Waals surface area contributed by atoms with Crippen LogP contribution < -0.4 is 25.6 Å². The van der Waals surface area contributed by atoms with Crippen molar-refractivity contribution < 1.29 is 38.1 Å². The lowest BCUT2D eigenvalue weighted by molar-refractivity contribution is -0.144. The number of ether oxygens (including phenoxy) is 1. The standard InChI is InChI=1S/C62H75F2N11O6S/c1-6-46-49(63)21-18-41-29-44(76)30-47(52(41)46)54-53(64)55-48(33-65-54)58(74-34-42-19-20-43(35-74)68-42)71-61(70-55)81-28-12-23-73-26-24-72(25-27-73)22-11-9-7-8-10-13-51(78)69-57(62(3,4)5)60(80)75-36-45(77)31-50(75)59(79)66-32-39-14-16-40(17-15-39)56-38(2)67-37-82-56/h1,14-18,21,29-30,33,37,42-43,45,50,57,68,76-77H,7-13,19-20,22-28,31-32,34-36H2,2-5H3,(H,66,79)(H,69,78)/t42?,43?,45-,50+,57-/m1/s1. The number of rotatable bonds is 21. The van der Waals surface area contributed by atoms with Crippen LogP contribution in [0, 0.1) is 36.3 Å². The zero-order valence-corrected chi connectivity index (χ0v) is 48.2. The fraction of sp³-hybridized carbons (Fsp3) is 0.500. The molecule has 17 nitrogen and oxygen atoms in total. The fourth-order valence-electron chi connectivity index (χ4n) is 12.1. The molecule has 4 saturated heterocycles. The second kappa shape index (κ2) is 25.7. The molecule has 6 aromatic rings. The summed E-state index contributed by atoms with van der Waals surface area (Å²) in [5, 5.41) is 32.1. The van der Waals surface area contributed by atoms with Crippen molar-refractivity contribution in [3.63, 3.8) is 0 Å². The van der Waals surface area contributed by atoms with Crippen molar-refractivity contribution in [2.24, 2.45) is 5.41 Å². The van der Waals surface area contributed by atoms with E-state index in [4.69, 9.17) is 16.1 Å². The summed E-state index contributed by atoms with van der Waals surface area (Å²) in [5.74, 6) is 0.504. The first-order valence-electron chi connectivity index (χ1n) is 28.9. The Labute approximate surface area is 482 Å². The molecule has 20 heteroatoms. The van der Waals surface area contributed by atoms with Crippen LogP contribution in [0.15, 0.2) is 60.2 Å². The molecule has 0 saturated carbocycles. The Morgan fingerprint density at radius 2 is 1.62 bits per heavy atom. The number of aromatic hydroxyl groups is 1. The van der Waals surface area contributed by atoms with Gasteiger partial charge in [-0.1, -0.05) is 76.3 Å². The van der Waals surface area contributed by atoms with Crippen LogP contribution in [0.25, 0.3) is 43.4 Å². The van der Waals surface area contributed by atoms with Gasteiger partial charge in [0, 0.05) is 101 Å².